The van der Waals surface area contributed by atoms with E-state index in [-0.39, 0.29) is 0 Å². The summed E-state index contributed by atoms with van der Waals surface area (Å²) < 4.78 is 13.2. The Morgan fingerprint density at radius 3 is 1.42 bits per heavy atom. The molecule has 9 rings (SSSR count). The van der Waals surface area contributed by atoms with Crippen molar-refractivity contribution in [2.45, 2.75) is 0 Å². The van der Waals surface area contributed by atoms with E-state index in [0.717, 1.165) is 76.5 Å². The highest BCUT2D eigenvalue weighted by atomic mass is 16.3. The summed E-state index contributed by atoms with van der Waals surface area (Å²) in [6, 6.07) is 29.3. The molecule has 5 aromatic carbocycles. The monoisotopic (exact) mass is 460 g/mol. The maximum Gasteiger partial charge on any atom is 0.161 e. The number of hydrogen-bond acceptors (Lipinski definition) is 4. The van der Waals surface area contributed by atoms with Gasteiger partial charge >= 0.3 is 0 Å². The minimum absolute atomic E-state index is 0.807. The van der Waals surface area contributed by atoms with Crippen molar-refractivity contribution in [2.75, 3.05) is 0 Å². The average Bonchev–Trinajstić information content (AvgIpc) is 2.94. The lowest BCUT2D eigenvalue weighted by atomic mass is 9.90. The second-order valence-electron chi connectivity index (χ2n) is 9.35. The molecule has 4 nitrogen and oxygen atoms in total. The van der Waals surface area contributed by atoms with Gasteiger partial charge in [-0.1, -0.05) is 48.5 Å². The van der Waals surface area contributed by atoms with Gasteiger partial charge in [-0.15, -0.1) is 0 Å². The first-order chi connectivity index (χ1) is 17.9. The Balaban J connectivity index is 1.65. The maximum atomic E-state index is 6.61. The Morgan fingerprint density at radius 2 is 0.917 bits per heavy atom. The highest BCUT2D eigenvalue weighted by Crippen LogP contribution is 2.47. The zero-order valence-corrected chi connectivity index (χ0v) is 18.9. The van der Waals surface area contributed by atoms with Crippen LogP contribution >= 0.6 is 0 Å². The molecule has 0 aliphatic carbocycles. The smallest absolute Gasteiger partial charge is 0.161 e. The predicted molar refractivity (Wildman–Crippen MR) is 147 cm³/mol. The lowest BCUT2D eigenvalue weighted by Gasteiger charge is -2.17. The van der Waals surface area contributed by atoms with Gasteiger partial charge in [0.1, 0.15) is 22.2 Å². The van der Waals surface area contributed by atoms with Crippen LogP contribution in [0.5, 0.6) is 0 Å². The molecule has 4 heteroatoms. The molecule has 4 aromatic heterocycles. The fourth-order valence-electron chi connectivity index (χ4n) is 6.05. The van der Waals surface area contributed by atoms with Crippen molar-refractivity contribution in [3.8, 4) is 0 Å². The van der Waals surface area contributed by atoms with Crippen molar-refractivity contribution in [2.24, 2.45) is 0 Å². The summed E-state index contributed by atoms with van der Waals surface area (Å²) in [4.78, 5) is 9.35. The fraction of sp³-hybridized carbons (Fsp3) is 0. The van der Waals surface area contributed by atoms with E-state index >= 15 is 0 Å². The fourth-order valence-corrected chi connectivity index (χ4v) is 6.05. The number of pyridine rings is 2. The summed E-state index contributed by atoms with van der Waals surface area (Å²) in [6.07, 6.45) is 3.64. The standard InChI is InChI=1S/C32H16N2O2/c1-7-19-25-21-13-11-18-6-4-16-34-30(18)32(21)36-24-10-2-8-20(28(24)25)26-22-14-12-17-5-3-15-33-29(17)31(22)35-23(9-1)27(19)26/h1-16H. The molecule has 166 valence electrons. The predicted octanol–water partition coefficient (Wildman–Crippen LogP) is 8.89. The largest absolute Gasteiger partial charge is 0.454 e. The van der Waals surface area contributed by atoms with Gasteiger partial charge in [-0.2, -0.15) is 0 Å². The number of nitrogens with zero attached hydrogens (tertiary/aromatic N) is 2. The van der Waals surface area contributed by atoms with Crippen LogP contribution in [-0.2, 0) is 0 Å². The highest BCUT2D eigenvalue weighted by Gasteiger charge is 2.21. The summed E-state index contributed by atoms with van der Waals surface area (Å²) in [6.45, 7) is 0. The molecule has 0 unspecified atom stereocenters. The van der Waals surface area contributed by atoms with Crippen LogP contribution < -0.4 is 0 Å². The number of hydrogen-bond donors (Lipinski definition) is 0. The normalized spacial score (nSPS) is 12.4. The van der Waals surface area contributed by atoms with Crippen LogP contribution in [0.4, 0.5) is 0 Å². The molecule has 0 amide bonds. The molecule has 4 heterocycles. The van der Waals surface area contributed by atoms with Crippen LogP contribution in [0.1, 0.15) is 0 Å². The minimum Gasteiger partial charge on any atom is -0.454 e. The summed E-state index contributed by atoms with van der Waals surface area (Å²) >= 11 is 0. The molecule has 0 atom stereocenters. The summed E-state index contributed by atoms with van der Waals surface area (Å²) in [5.74, 6) is 0. The third-order valence-corrected chi connectivity index (χ3v) is 7.51. The molecule has 0 bridgehead atoms. The molecular formula is C32H16N2O2. The topological polar surface area (TPSA) is 52.1 Å². The van der Waals surface area contributed by atoms with Crippen LogP contribution in [0.15, 0.2) is 106 Å². The van der Waals surface area contributed by atoms with E-state index in [1.165, 1.54) is 10.8 Å². The van der Waals surface area contributed by atoms with Crippen molar-refractivity contribution in [1.82, 2.24) is 9.97 Å². The third-order valence-electron chi connectivity index (χ3n) is 7.51. The molecule has 36 heavy (non-hydrogen) atoms. The lowest BCUT2D eigenvalue weighted by molar-refractivity contribution is 0.664. The van der Waals surface area contributed by atoms with Gasteiger partial charge in [-0.05, 0) is 47.2 Å². The van der Waals surface area contributed by atoms with E-state index in [2.05, 4.69) is 82.8 Å². The number of aromatic nitrogens is 2. The molecule has 0 radical (unpaired) electrons. The van der Waals surface area contributed by atoms with Gasteiger partial charge in [0.2, 0.25) is 0 Å². The molecule has 0 spiro atoms. The van der Waals surface area contributed by atoms with Crippen LogP contribution in [-0.4, -0.2) is 9.97 Å². The number of fused-ring (bicyclic) bond motifs is 10. The Kier molecular flexibility index (Phi) is 3.25. The molecule has 0 N–H and O–H groups in total. The molecule has 0 aliphatic rings. The Morgan fingerprint density at radius 1 is 0.417 bits per heavy atom. The van der Waals surface area contributed by atoms with E-state index in [1.807, 2.05) is 24.5 Å². The summed E-state index contributed by atoms with van der Waals surface area (Å²) in [7, 11) is 0. The molecule has 0 saturated heterocycles. The van der Waals surface area contributed by atoms with Crippen molar-refractivity contribution < 1.29 is 8.83 Å². The van der Waals surface area contributed by atoms with Crippen molar-refractivity contribution in [3.63, 3.8) is 0 Å². The molecular weight excluding hydrogens is 444 g/mol. The van der Waals surface area contributed by atoms with Crippen LogP contribution in [0.3, 0.4) is 0 Å². The third kappa shape index (κ3) is 2.15. The maximum absolute atomic E-state index is 6.61. The summed E-state index contributed by atoms with van der Waals surface area (Å²) in [5.41, 5.74) is 5.06. The van der Waals surface area contributed by atoms with Gasteiger partial charge in [0.05, 0.1) is 0 Å². The molecule has 0 aliphatic heterocycles. The molecule has 9 aromatic rings. The van der Waals surface area contributed by atoms with Crippen LogP contribution in [0, 0.1) is 0 Å². The molecule has 0 saturated carbocycles. The van der Waals surface area contributed by atoms with Gasteiger partial charge in [0, 0.05) is 55.5 Å². The van der Waals surface area contributed by atoms with E-state index < -0.39 is 0 Å². The molecule has 0 fully saturated rings. The van der Waals surface area contributed by atoms with Crippen molar-refractivity contribution in [1.29, 1.82) is 0 Å². The number of benzene rings is 5. The van der Waals surface area contributed by atoms with E-state index in [1.54, 1.807) is 0 Å². The number of rotatable bonds is 0. The first kappa shape index (κ1) is 18.4. The van der Waals surface area contributed by atoms with Gasteiger partial charge < -0.3 is 8.83 Å². The lowest BCUT2D eigenvalue weighted by Crippen LogP contribution is -1.91. The van der Waals surface area contributed by atoms with Crippen molar-refractivity contribution >= 4 is 87.2 Å². The quantitative estimate of drug-likeness (QED) is 0.167. The van der Waals surface area contributed by atoms with E-state index in [9.17, 15) is 0 Å². The average molecular weight is 460 g/mol. The second-order valence-corrected chi connectivity index (χ2v) is 9.35. The zero-order chi connectivity index (χ0) is 23.4. The Bertz CT molecular complexity index is 2210. The van der Waals surface area contributed by atoms with E-state index in [4.69, 9.17) is 8.83 Å². The van der Waals surface area contributed by atoms with Crippen molar-refractivity contribution in [3.05, 3.63) is 97.3 Å². The van der Waals surface area contributed by atoms with Crippen LogP contribution in [0.25, 0.3) is 87.2 Å². The second kappa shape index (κ2) is 6.37. The van der Waals surface area contributed by atoms with Crippen LogP contribution in [0.2, 0.25) is 0 Å². The SMILES string of the molecule is c1cnc2c(c1)ccc1c2oc2cccc3c2c1c1cccc2oc4c(ccc5cccnc54)c3c21. The van der Waals surface area contributed by atoms with Gasteiger partial charge in [0.15, 0.2) is 11.2 Å². The van der Waals surface area contributed by atoms with E-state index in [0.29, 0.717) is 0 Å². The summed E-state index contributed by atoms with van der Waals surface area (Å²) in [5, 5.41) is 11.1. The van der Waals surface area contributed by atoms with Gasteiger partial charge in [-0.3, -0.25) is 9.97 Å². The minimum atomic E-state index is 0.807. The van der Waals surface area contributed by atoms with Gasteiger partial charge in [-0.25, -0.2) is 0 Å². The zero-order valence-electron chi connectivity index (χ0n) is 18.9. The Labute approximate surface area is 203 Å². The first-order valence-electron chi connectivity index (χ1n) is 12.0. The Hall–Kier alpha value is -4.96. The van der Waals surface area contributed by atoms with Gasteiger partial charge in [0.25, 0.3) is 0 Å². The highest BCUT2D eigenvalue weighted by molar-refractivity contribution is 6.40. The first-order valence-corrected chi connectivity index (χ1v) is 12.0.